The van der Waals surface area contributed by atoms with Crippen LogP contribution in [0.1, 0.15) is 13.3 Å². The molecule has 0 bridgehead atoms. The number of benzene rings is 2. The minimum atomic E-state index is -0.445. The maximum absolute atomic E-state index is 13.9. The molecule has 0 spiro atoms. The first-order valence-electron chi connectivity index (χ1n) is 9.78. The Hall–Kier alpha value is -3.45. The van der Waals surface area contributed by atoms with E-state index >= 15 is 0 Å². The summed E-state index contributed by atoms with van der Waals surface area (Å²) in [5.74, 6) is 0.110. The lowest BCUT2D eigenvalue weighted by Crippen LogP contribution is -2.27. The molecular formula is C23H23FN4O2. The van der Waals surface area contributed by atoms with Crippen LogP contribution < -0.4 is 16.0 Å². The molecule has 4 rings (SSSR count). The Bertz CT molecular complexity index is 1090. The molecule has 3 aromatic rings. The topological polar surface area (TPSA) is 91.5 Å². The summed E-state index contributed by atoms with van der Waals surface area (Å²) in [5.41, 5.74) is 9.36. The van der Waals surface area contributed by atoms with E-state index < -0.39 is 5.82 Å². The molecule has 2 aromatic carbocycles. The van der Waals surface area contributed by atoms with Gasteiger partial charge in [0.2, 0.25) is 5.91 Å². The highest BCUT2D eigenvalue weighted by atomic mass is 19.1. The van der Waals surface area contributed by atoms with Crippen molar-refractivity contribution in [1.29, 1.82) is 0 Å². The van der Waals surface area contributed by atoms with Gasteiger partial charge < -0.3 is 21.1 Å². The zero-order valence-electron chi connectivity index (χ0n) is 16.6. The number of nitrogens with zero attached hydrogens (tertiary/aromatic N) is 2. The number of anilines is 2. The molecule has 0 radical (unpaired) electrons. The number of carbonyl (C=O) groups excluding carboxylic acids is 1. The molecule has 1 atom stereocenters. The molecule has 7 heteroatoms. The van der Waals surface area contributed by atoms with E-state index in [1.807, 2.05) is 36.4 Å². The zero-order chi connectivity index (χ0) is 21.3. The third-order valence-electron chi connectivity index (χ3n) is 5.13. The third kappa shape index (κ3) is 4.26. The predicted molar refractivity (Wildman–Crippen MR) is 116 cm³/mol. The number of aromatic nitrogens is 1. The molecule has 154 valence electrons. The Balaban J connectivity index is 1.79. The fraction of sp³-hybridized carbons (Fsp3) is 0.217. The maximum Gasteiger partial charge on any atom is 0.221 e. The van der Waals surface area contributed by atoms with Crippen LogP contribution in [0.4, 0.5) is 15.9 Å². The van der Waals surface area contributed by atoms with Gasteiger partial charge in [0.05, 0.1) is 5.69 Å². The van der Waals surface area contributed by atoms with Gasteiger partial charge in [0.1, 0.15) is 17.4 Å². The molecule has 0 saturated carbocycles. The van der Waals surface area contributed by atoms with Crippen LogP contribution in [0, 0.1) is 5.82 Å². The van der Waals surface area contributed by atoms with Gasteiger partial charge in [0.25, 0.3) is 0 Å². The van der Waals surface area contributed by atoms with Crippen LogP contribution in [0.2, 0.25) is 0 Å². The summed E-state index contributed by atoms with van der Waals surface area (Å²) < 4.78 is 13.9. The number of pyridine rings is 1. The average Bonchev–Trinajstić information content (AvgIpc) is 3.16. The average molecular weight is 406 g/mol. The molecule has 2 heterocycles. The van der Waals surface area contributed by atoms with Crippen molar-refractivity contribution >= 4 is 17.4 Å². The van der Waals surface area contributed by atoms with Crippen molar-refractivity contribution in [3.05, 3.63) is 60.4 Å². The molecule has 1 unspecified atom stereocenters. The number of nitrogens with one attached hydrogen (secondary N) is 1. The quantitative estimate of drug-likeness (QED) is 0.614. The maximum atomic E-state index is 13.9. The summed E-state index contributed by atoms with van der Waals surface area (Å²) in [7, 11) is 0. The number of aromatic hydroxyl groups is 1. The highest BCUT2D eigenvalue weighted by molar-refractivity contribution is 5.89. The predicted octanol–water partition coefficient (Wildman–Crippen LogP) is 3.76. The number of hydrogen-bond donors (Lipinski definition) is 3. The van der Waals surface area contributed by atoms with E-state index in [-0.39, 0.29) is 17.7 Å². The fourth-order valence-corrected chi connectivity index (χ4v) is 3.64. The molecule has 6 nitrogen and oxygen atoms in total. The first-order valence-corrected chi connectivity index (χ1v) is 9.78. The first kappa shape index (κ1) is 19.8. The van der Waals surface area contributed by atoms with Crippen molar-refractivity contribution in [3.8, 4) is 28.1 Å². The SMILES string of the molecule is CC(=O)Nc1ccc(-c2cc(-c3cc(F)ccc3O)nc(N3CCC(N)C3)c2)cc1. The van der Waals surface area contributed by atoms with E-state index in [1.54, 1.807) is 0 Å². The highest BCUT2D eigenvalue weighted by Gasteiger charge is 2.22. The molecule has 1 fully saturated rings. The van der Waals surface area contributed by atoms with Crippen molar-refractivity contribution < 1.29 is 14.3 Å². The minimum Gasteiger partial charge on any atom is -0.507 e. The Morgan fingerprint density at radius 1 is 1.17 bits per heavy atom. The second kappa shape index (κ2) is 8.12. The molecule has 1 aromatic heterocycles. The monoisotopic (exact) mass is 406 g/mol. The second-order valence-electron chi connectivity index (χ2n) is 7.51. The van der Waals surface area contributed by atoms with E-state index in [0.29, 0.717) is 23.5 Å². The molecule has 1 saturated heterocycles. The van der Waals surface area contributed by atoms with Gasteiger partial charge in [-0.25, -0.2) is 9.37 Å². The Kier molecular flexibility index (Phi) is 5.37. The van der Waals surface area contributed by atoms with Gasteiger partial charge in [-0.15, -0.1) is 0 Å². The van der Waals surface area contributed by atoms with Gasteiger partial charge >= 0.3 is 0 Å². The second-order valence-corrected chi connectivity index (χ2v) is 7.51. The molecule has 1 aliphatic heterocycles. The molecule has 1 aliphatic rings. The minimum absolute atomic E-state index is 0.0360. The van der Waals surface area contributed by atoms with E-state index in [2.05, 4.69) is 10.2 Å². The van der Waals surface area contributed by atoms with Crippen molar-refractivity contribution in [1.82, 2.24) is 4.98 Å². The van der Waals surface area contributed by atoms with E-state index in [1.165, 1.54) is 25.1 Å². The lowest BCUT2D eigenvalue weighted by Gasteiger charge is -2.19. The molecule has 30 heavy (non-hydrogen) atoms. The van der Waals surface area contributed by atoms with Crippen molar-refractivity contribution in [3.63, 3.8) is 0 Å². The number of carbonyl (C=O) groups is 1. The lowest BCUT2D eigenvalue weighted by atomic mass is 10.0. The Morgan fingerprint density at radius 2 is 1.93 bits per heavy atom. The van der Waals surface area contributed by atoms with Crippen LogP contribution in [0.5, 0.6) is 5.75 Å². The van der Waals surface area contributed by atoms with Crippen LogP contribution in [0.15, 0.2) is 54.6 Å². The first-order chi connectivity index (χ1) is 14.4. The van der Waals surface area contributed by atoms with Crippen molar-refractivity contribution in [2.75, 3.05) is 23.3 Å². The van der Waals surface area contributed by atoms with Gasteiger partial charge in [-0.3, -0.25) is 4.79 Å². The fourth-order valence-electron chi connectivity index (χ4n) is 3.64. The zero-order valence-corrected chi connectivity index (χ0v) is 16.6. The number of nitrogens with two attached hydrogens (primary N) is 1. The van der Waals surface area contributed by atoms with Gasteiger partial charge in [-0.05, 0) is 60.0 Å². The number of halogens is 1. The van der Waals surface area contributed by atoms with Crippen LogP contribution in [-0.2, 0) is 4.79 Å². The van der Waals surface area contributed by atoms with Crippen LogP contribution in [0.3, 0.4) is 0 Å². The van der Waals surface area contributed by atoms with Crippen LogP contribution in [-0.4, -0.2) is 35.1 Å². The molecule has 0 aliphatic carbocycles. The number of amides is 1. The van der Waals surface area contributed by atoms with Crippen LogP contribution >= 0.6 is 0 Å². The summed E-state index contributed by atoms with van der Waals surface area (Å²) >= 11 is 0. The third-order valence-corrected chi connectivity index (χ3v) is 5.13. The Morgan fingerprint density at radius 3 is 2.60 bits per heavy atom. The highest BCUT2D eigenvalue weighted by Crippen LogP contribution is 2.34. The van der Waals surface area contributed by atoms with Gasteiger partial charge in [-0.1, -0.05) is 12.1 Å². The summed E-state index contributed by atoms with van der Waals surface area (Å²) in [6.45, 7) is 2.93. The lowest BCUT2D eigenvalue weighted by molar-refractivity contribution is -0.114. The number of phenolic OH excluding ortho intramolecular Hbond substituents is 1. The van der Waals surface area contributed by atoms with Gasteiger partial charge in [0, 0.05) is 37.3 Å². The largest absolute Gasteiger partial charge is 0.507 e. The van der Waals surface area contributed by atoms with Gasteiger partial charge in [-0.2, -0.15) is 0 Å². The summed E-state index contributed by atoms with van der Waals surface area (Å²) in [6, 6.07) is 15.1. The number of hydrogen-bond acceptors (Lipinski definition) is 5. The smallest absolute Gasteiger partial charge is 0.221 e. The molecule has 1 amide bonds. The van der Waals surface area contributed by atoms with Gasteiger partial charge in [0.15, 0.2) is 0 Å². The summed E-state index contributed by atoms with van der Waals surface area (Å²) in [5, 5.41) is 13.0. The van der Waals surface area contributed by atoms with E-state index in [4.69, 9.17) is 10.7 Å². The summed E-state index contributed by atoms with van der Waals surface area (Å²) in [4.78, 5) is 18.0. The van der Waals surface area contributed by atoms with Crippen molar-refractivity contribution in [2.45, 2.75) is 19.4 Å². The Labute approximate surface area is 174 Å². The van der Waals surface area contributed by atoms with Crippen molar-refractivity contribution in [2.24, 2.45) is 5.73 Å². The molecular weight excluding hydrogens is 383 g/mol. The summed E-state index contributed by atoms with van der Waals surface area (Å²) in [6.07, 6.45) is 0.873. The number of phenols is 1. The van der Waals surface area contributed by atoms with Crippen LogP contribution in [0.25, 0.3) is 22.4 Å². The molecule has 4 N–H and O–H groups in total. The standard InChI is InChI=1S/C23H23FN4O2/c1-14(29)26-19-5-2-15(3-6-19)16-10-21(20-12-17(24)4-7-22(20)30)27-23(11-16)28-9-8-18(25)13-28/h2-7,10-12,18,30H,8-9,13,25H2,1H3,(H,26,29). The number of rotatable bonds is 4. The van der Waals surface area contributed by atoms with E-state index in [0.717, 1.165) is 29.9 Å². The normalized spacial score (nSPS) is 16.0. The van der Waals surface area contributed by atoms with E-state index in [9.17, 15) is 14.3 Å².